The summed E-state index contributed by atoms with van der Waals surface area (Å²) in [4.78, 5) is 22.9. The zero-order valence-corrected chi connectivity index (χ0v) is 17.0. The minimum absolute atomic E-state index is 0.174. The van der Waals surface area contributed by atoms with Crippen LogP contribution in [0.4, 0.5) is 11.4 Å². The molecule has 150 valence electrons. The number of hydrogen-bond acceptors (Lipinski definition) is 5. The lowest BCUT2D eigenvalue weighted by Crippen LogP contribution is -2.14. The average molecular weight is 442 g/mol. The Morgan fingerprint density at radius 2 is 2.00 bits per heavy atom. The van der Waals surface area contributed by atoms with Gasteiger partial charge in [-0.3, -0.25) is 14.9 Å². The van der Waals surface area contributed by atoms with Crippen LogP contribution >= 0.6 is 23.2 Å². The lowest BCUT2D eigenvalue weighted by Gasteiger charge is -2.07. The largest absolute Gasteiger partial charge is 0.457 e. The van der Waals surface area contributed by atoms with Crippen molar-refractivity contribution in [1.82, 2.24) is 0 Å². The normalized spacial score (nSPS) is 11.1. The van der Waals surface area contributed by atoms with Crippen molar-refractivity contribution in [3.05, 3.63) is 85.6 Å². The first kappa shape index (κ1) is 21.1. The Bertz CT molecular complexity index is 1230. The molecular weight excluding hydrogens is 429 g/mol. The smallest absolute Gasteiger partial charge is 0.271 e. The van der Waals surface area contributed by atoms with Crippen molar-refractivity contribution >= 4 is 46.6 Å². The van der Waals surface area contributed by atoms with Crippen molar-refractivity contribution in [1.29, 1.82) is 5.26 Å². The number of nitro benzene ring substituents is 1. The molecule has 1 N–H and O–H groups in total. The number of furan rings is 1. The third-order valence-corrected chi connectivity index (χ3v) is 4.99. The summed E-state index contributed by atoms with van der Waals surface area (Å²) in [7, 11) is 0. The summed E-state index contributed by atoms with van der Waals surface area (Å²) in [6, 6.07) is 14.2. The standard InChI is InChI=1S/C21H13Cl2N3O4/c1-12-5-6-14(26(28)29)10-18(12)25-21(27)13(11-24)9-15-7-8-19(30-15)16-3-2-4-17(22)20(16)23/h2-10H,1H3,(H,25,27)/b13-9+. The molecule has 1 heterocycles. The van der Waals surface area contributed by atoms with Gasteiger partial charge in [-0.1, -0.05) is 35.3 Å². The molecular formula is C21H13Cl2N3O4. The highest BCUT2D eigenvalue weighted by atomic mass is 35.5. The number of non-ortho nitro benzene ring substituents is 1. The second-order valence-corrected chi connectivity index (χ2v) is 6.97. The number of nitrogens with one attached hydrogen (secondary N) is 1. The number of aryl methyl sites for hydroxylation is 1. The molecule has 0 aliphatic heterocycles. The number of nitriles is 1. The van der Waals surface area contributed by atoms with Gasteiger partial charge in [-0.2, -0.15) is 5.26 Å². The van der Waals surface area contributed by atoms with Gasteiger partial charge in [0.2, 0.25) is 0 Å². The van der Waals surface area contributed by atoms with Crippen LogP contribution in [-0.4, -0.2) is 10.8 Å². The quantitative estimate of drug-likeness (QED) is 0.225. The molecule has 1 amide bonds. The molecule has 1 aromatic heterocycles. The SMILES string of the molecule is Cc1ccc([N+](=O)[O-])cc1NC(=O)/C(C#N)=C/c1ccc(-c2cccc(Cl)c2Cl)o1. The van der Waals surface area contributed by atoms with Crippen LogP contribution in [0.3, 0.4) is 0 Å². The van der Waals surface area contributed by atoms with E-state index in [1.807, 2.05) is 0 Å². The van der Waals surface area contributed by atoms with Crippen molar-refractivity contribution in [3.8, 4) is 17.4 Å². The van der Waals surface area contributed by atoms with E-state index in [9.17, 15) is 20.2 Å². The molecule has 0 radical (unpaired) electrons. The Morgan fingerprint density at radius 3 is 2.70 bits per heavy atom. The maximum atomic E-state index is 12.5. The van der Waals surface area contributed by atoms with Crippen LogP contribution in [0.25, 0.3) is 17.4 Å². The fourth-order valence-electron chi connectivity index (χ4n) is 2.61. The molecule has 7 nitrogen and oxygen atoms in total. The van der Waals surface area contributed by atoms with Crippen molar-refractivity contribution in [2.75, 3.05) is 5.32 Å². The van der Waals surface area contributed by atoms with E-state index >= 15 is 0 Å². The summed E-state index contributed by atoms with van der Waals surface area (Å²) < 4.78 is 5.67. The zero-order valence-electron chi connectivity index (χ0n) is 15.5. The molecule has 30 heavy (non-hydrogen) atoms. The predicted octanol–water partition coefficient (Wildman–Crippen LogP) is 6.02. The number of amides is 1. The molecule has 0 saturated heterocycles. The number of hydrogen-bond donors (Lipinski definition) is 1. The summed E-state index contributed by atoms with van der Waals surface area (Å²) >= 11 is 12.2. The number of nitrogens with zero attached hydrogens (tertiary/aromatic N) is 2. The second-order valence-electron chi connectivity index (χ2n) is 6.18. The molecule has 0 unspecified atom stereocenters. The molecule has 2 aromatic carbocycles. The topological polar surface area (TPSA) is 109 Å². The minimum atomic E-state index is -0.722. The van der Waals surface area contributed by atoms with Gasteiger partial charge in [0.1, 0.15) is 23.2 Å². The van der Waals surface area contributed by atoms with E-state index in [0.29, 0.717) is 26.9 Å². The van der Waals surface area contributed by atoms with E-state index in [0.717, 1.165) is 0 Å². The number of carbonyl (C=O) groups excluding carboxylic acids is 1. The Morgan fingerprint density at radius 1 is 1.23 bits per heavy atom. The first-order valence-electron chi connectivity index (χ1n) is 8.52. The molecule has 0 fully saturated rings. The predicted molar refractivity (Wildman–Crippen MR) is 114 cm³/mol. The number of anilines is 1. The number of rotatable bonds is 5. The van der Waals surface area contributed by atoms with Crippen molar-refractivity contribution in [2.45, 2.75) is 6.92 Å². The third kappa shape index (κ3) is 4.51. The maximum Gasteiger partial charge on any atom is 0.271 e. The summed E-state index contributed by atoms with van der Waals surface area (Å²) in [6.07, 6.45) is 1.27. The number of halogens is 2. The highest BCUT2D eigenvalue weighted by molar-refractivity contribution is 6.43. The van der Waals surface area contributed by atoms with Crippen LogP contribution < -0.4 is 5.32 Å². The van der Waals surface area contributed by atoms with Gasteiger partial charge in [-0.15, -0.1) is 0 Å². The van der Waals surface area contributed by atoms with E-state index in [4.69, 9.17) is 27.6 Å². The molecule has 3 aromatic rings. The van der Waals surface area contributed by atoms with E-state index < -0.39 is 10.8 Å². The third-order valence-electron chi connectivity index (χ3n) is 4.18. The van der Waals surface area contributed by atoms with Crippen LogP contribution in [0.1, 0.15) is 11.3 Å². The highest BCUT2D eigenvalue weighted by Gasteiger charge is 2.16. The first-order valence-corrected chi connectivity index (χ1v) is 9.28. The van der Waals surface area contributed by atoms with Gasteiger partial charge in [-0.25, -0.2) is 0 Å². The molecule has 0 bridgehead atoms. The number of nitro groups is 1. The number of benzene rings is 2. The van der Waals surface area contributed by atoms with Crippen LogP contribution in [0.5, 0.6) is 0 Å². The van der Waals surface area contributed by atoms with E-state index in [2.05, 4.69) is 5.32 Å². The van der Waals surface area contributed by atoms with Gasteiger partial charge in [0.15, 0.2) is 0 Å². The van der Waals surface area contributed by atoms with Gasteiger partial charge < -0.3 is 9.73 Å². The average Bonchev–Trinajstić information content (AvgIpc) is 3.18. The van der Waals surface area contributed by atoms with Crippen LogP contribution in [0, 0.1) is 28.4 Å². The van der Waals surface area contributed by atoms with Crippen LogP contribution in [-0.2, 0) is 4.79 Å². The van der Waals surface area contributed by atoms with Crippen LogP contribution in [0.15, 0.2) is 58.5 Å². The fourth-order valence-corrected chi connectivity index (χ4v) is 3.00. The first-order chi connectivity index (χ1) is 14.3. The molecule has 0 atom stereocenters. The van der Waals surface area contributed by atoms with Crippen LogP contribution in [0.2, 0.25) is 10.0 Å². The molecule has 0 aliphatic rings. The Labute approximate surface area is 181 Å². The monoisotopic (exact) mass is 441 g/mol. The fraction of sp³-hybridized carbons (Fsp3) is 0.0476. The molecule has 0 spiro atoms. The minimum Gasteiger partial charge on any atom is -0.457 e. The Balaban J connectivity index is 1.86. The van der Waals surface area contributed by atoms with E-state index in [1.54, 1.807) is 43.3 Å². The summed E-state index contributed by atoms with van der Waals surface area (Å²) in [5, 5.41) is 23.5. The maximum absolute atomic E-state index is 12.5. The van der Waals surface area contributed by atoms with Gasteiger partial charge in [0, 0.05) is 23.8 Å². The second kappa shape index (κ2) is 8.82. The molecule has 9 heteroatoms. The Kier molecular flexibility index (Phi) is 6.21. The van der Waals surface area contributed by atoms with Crippen molar-refractivity contribution in [2.24, 2.45) is 0 Å². The van der Waals surface area contributed by atoms with E-state index in [1.165, 1.54) is 24.3 Å². The van der Waals surface area contributed by atoms with Crippen molar-refractivity contribution in [3.63, 3.8) is 0 Å². The van der Waals surface area contributed by atoms with E-state index in [-0.39, 0.29) is 22.7 Å². The molecule has 0 aliphatic carbocycles. The highest BCUT2D eigenvalue weighted by Crippen LogP contribution is 2.34. The van der Waals surface area contributed by atoms with Gasteiger partial charge in [0.05, 0.1) is 20.7 Å². The van der Waals surface area contributed by atoms with Crippen molar-refractivity contribution < 1.29 is 14.1 Å². The molecule has 0 saturated carbocycles. The lowest BCUT2D eigenvalue weighted by atomic mass is 10.1. The zero-order chi connectivity index (χ0) is 21.8. The molecule has 3 rings (SSSR count). The van der Waals surface area contributed by atoms with Gasteiger partial charge in [-0.05, 0) is 36.8 Å². The summed E-state index contributed by atoms with van der Waals surface area (Å²) in [5.41, 5.74) is 1.01. The number of carbonyl (C=O) groups is 1. The van der Waals surface area contributed by atoms with Gasteiger partial charge in [0.25, 0.3) is 11.6 Å². The van der Waals surface area contributed by atoms with Gasteiger partial charge >= 0.3 is 0 Å². The summed E-state index contributed by atoms with van der Waals surface area (Å²) in [5.74, 6) is -0.0516. The Hall–Kier alpha value is -3.60. The lowest BCUT2D eigenvalue weighted by molar-refractivity contribution is -0.384. The summed E-state index contributed by atoms with van der Waals surface area (Å²) in [6.45, 7) is 1.68.